The predicted molar refractivity (Wildman–Crippen MR) is 122 cm³/mol. The highest BCUT2D eigenvalue weighted by molar-refractivity contribution is 5.92. The van der Waals surface area contributed by atoms with Crippen LogP contribution in [0.4, 0.5) is 0 Å². The molecular formula is C26H27N3O3. The molecule has 1 aromatic carbocycles. The molecule has 0 bridgehead atoms. The Bertz CT molecular complexity index is 1020. The lowest BCUT2D eigenvalue weighted by Crippen LogP contribution is -2.43. The van der Waals surface area contributed by atoms with Crippen molar-refractivity contribution in [2.24, 2.45) is 5.92 Å². The van der Waals surface area contributed by atoms with Gasteiger partial charge in [0, 0.05) is 44.0 Å². The zero-order chi connectivity index (χ0) is 22.2. The number of amides is 2. The van der Waals surface area contributed by atoms with Gasteiger partial charge in [0.25, 0.3) is 0 Å². The zero-order valence-electron chi connectivity index (χ0n) is 18.0. The van der Waals surface area contributed by atoms with E-state index in [0.717, 1.165) is 16.9 Å². The fourth-order valence-corrected chi connectivity index (χ4v) is 3.96. The number of hydrogen-bond acceptors (Lipinski definition) is 4. The maximum absolute atomic E-state index is 13.4. The molecule has 0 spiro atoms. The molecule has 1 saturated heterocycles. The molecule has 2 aromatic heterocycles. The quantitative estimate of drug-likeness (QED) is 0.529. The summed E-state index contributed by atoms with van der Waals surface area (Å²) in [6, 6.07) is 17.3. The van der Waals surface area contributed by atoms with Gasteiger partial charge >= 0.3 is 0 Å². The van der Waals surface area contributed by atoms with Crippen molar-refractivity contribution in [3.05, 3.63) is 96.2 Å². The lowest BCUT2D eigenvalue weighted by atomic mass is 9.94. The van der Waals surface area contributed by atoms with Crippen molar-refractivity contribution in [2.45, 2.75) is 25.9 Å². The van der Waals surface area contributed by atoms with Crippen LogP contribution < -0.4 is 0 Å². The largest absolute Gasteiger partial charge is 0.467 e. The molecule has 6 heteroatoms. The second-order valence-corrected chi connectivity index (χ2v) is 7.98. The van der Waals surface area contributed by atoms with E-state index in [-0.39, 0.29) is 17.7 Å². The Balaban J connectivity index is 1.36. The van der Waals surface area contributed by atoms with E-state index in [1.54, 1.807) is 24.7 Å². The van der Waals surface area contributed by atoms with E-state index < -0.39 is 0 Å². The molecule has 3 heterocycles. The van der Waals surface area contributed by atoms with Crippen LogP contribution in [0.2, 0.25) is 0 Å². The topological polar surface area (TPSA) is 66.7 Å². The Morgan fingerprint density at radius 2 is 1.84 bits per heavy atom. The summed E-state index contributed by atoms with van der Waals surface area (Å²) in [4.78, 5) is 33.7. The van der Waals surface area contributed by atoms with Gasteiger partial charge in [-0.3, -0.25) is 14.6 Å². The molecule has 164 valence electrons. The molecular weight excluding hydrogens is 402 g/mol. The molecule has 4 rings (SSSR count). The average molecular weight is 430 g/mol. The summed E-state index contributed by atoms with van der Waals surface area (Å²) in [5.41, 5.74) is 1.97. The number of piperidine rings is 1. The van der Waals surface area contributed by atoms with Crippen LogP contribution in [0.5, 0.6) is 0 Å². The first-order valence-corrected chi connectivity index (χ1v) is 10.9. The molecule has 1 aliphatic heterocycles. The molecule has 0 atom stereocenters. The van der Waals surface area contributed by atoms with Crippen molar-refractivity contribution < 1.29 is 14.0 Å². The summed E-state index contributed by atoms with van der Waals surface area (Å²) >= 11 is 0. The summed E-state index contributed by atoms with van der Waals surface area (Å²) < 4.78 is 5.48. The Morgan fingerprint density at radius 3 is 2.53 bits per heavy atom. The van der Waals surface area contributed by atoms with Crippen molar-refractivity contribution in [1.82, 2.24) is 14.8 Å². The number of aromatic nitrogens is 1. The van der Waals surface area contributed by atoms with Gasteiger partial charge in [-0.1, -0.05) is 36.4 Å². The number of carbonyl (C=O) groups excluding carboxylic acids is 2. The van der Waals surface area contributed by atoms with Crippen LogP contribution in [-0.2, 0) is 22.7 Å². The lowest BCUT2D eigenvalue weighted by Gasteiger charge is -2.33. The number of carbonyl (C=O) groups is 2. The van der Waals surface area contributed by atoms with Gasteiger partial charge in [0.1, 0.15) is 5.76 Å². The van der Waals surface area contributed by atoms with Gasteiger partial charge in [-0.25, -0.2) is 0 Å². The standard InChI is InChI=1S/C26H27N3O3/c30-25(11-10-21-6-2-1-3-7-21)28-15-12-23(13-16-28)26(31)29(20-24-9-5-17-32-24)19-22-8-4-14-27-18-22/h1-11,14,17-18,23H,12-13,15-16,19-20H2/b11-10+. The lowest BCUT2D eigenvalue weighted by molar-refractivity contribution is -0.140. The molecule has 0 radical (unpaired) electrons. The van der Waals surface area contributed by atoms with Crippen molar-refractivity contribution in [2.75, 3.05) is 13.1 Å². The van der Waals surface area contributed by atoms with Gasteiger partial charge in [-0.15, -0.1) is 0 Å². The Morgan fingerprint density at radius 1 is 1.03 bits per heavy atom. The first-order valence-electron chi connectivity index (χ1n) is 10.9. The van der Waals surface area contributed by atoms with Gasteiger partial charge in [-0.05, 0) is 48.2 Å². The van der Waals surface area contributed by atoms with Gasteiger partial charge in [-0.2, -0.15) is 0 Å². The number of nitrogens with zero attached hydrogens (tertiary/aromatic N) is 3. The van der Waals surface area contributed by atoms with Crippen molar-refractivity contribution in [1.29, 1.82) is 0 Å². The Kier molecular flexibility index (Phi) is 7.12. The number of furan rings is 1. The monoisotopic (exact) mass is 429 g/mol. The van der Waals surface area contributed by atoms with Crippen LogP contribution in [0.1, 0.15) is 29.7 Å². The minimum absolute atomic E-state index is 0.0115. The smallest absolute Gasteiger partial charge is 0.246 e. The van der Waals surface area contributed by atoms with Crippen LogP contribution >= 0.6 is 0 Å². The van der Waals surface area contributed by atoms with Gasteiger partial charge in [0.05, 0.1) is 12.8 Å². The third kappa shape index (κ3) is 5.72. The van der Waals surface area contributed by atoms with Gasteiger partial charge in [0.2, 0.25) is 11.8 Å². The maximum Gasteiger partial charge on any atom is 0.246 e. The molecule has 0 unspecified atom stereocenters. The second-order valence-electron chi connectivity index (χ2n) is 7.98. The molecule has 32 heavy (non-hydrogen) atoms. The van der Waals surface area contributed by atoms with E-state index in [1.165, 1.54) is 0 Å². The van der Waals surface area contributed by atoms with Crippen LogP contribution in [0.15, 0.2) is 83.7 Å². The van der Waals surface area contributed by atoms with Gasteiger partial charge in [0.15, 0.2) is 0 Å². The highest BCUT2D eigenvalue weighted by atomic mass is 16.3. The average Bonchev–Trinajstić information content (AvgIpc) is 3.36. The third-order valence-corrected chi connectivity index (χ3v) is 5.71. The summed E-state index contributed by atoms with van der Waals surface area (Å²) in [5.74, 6) is 0.726. The van der Waals surface area contributed by atoms with Crippen molar-refractivity contribution >= 4 is 17.9 Å². The molecule has 1 aliphatic rings. The summed E-state index contributed by atoms with van der Waals surface area (Å²) in [5, 5.41) is 0. The Hall–Kier alpha value is -3.67. The van der Waals surface area contributed by atoms with Crippen LogP contribution in [0.3, 0.4) is 0 Å². The number of benzene rings is 1. The summed E-state index contributed by atoms with van der Waals surface area (Å²) in [6.07, 6.45) is 9.89. The minimum Gasteiger partial charge on any atom is -0.467 e. The Labute approximate surface area is 188 Å². The summed E-state index contributed by atoms with van der Waals surface area (Å²) in [6.45, 7) is 2.05. The first kappa shape index (κ1) is 21.6. The number of hydrogen-bond donors (Lipinski definition) is 0. The highest BCUT2D eigenvalue weighted by Gasteiger charge is 2.30. The van der Waals surface area contributed by atoms with E-state index in [1.807, 2.05) is 70.5 Å². The molecule has 3 aromatic rings. The van der Waals surface area contributed by atoms with Crippen molar-refractivity contribution in [3.8, 4) is 0 Å². The molecule has 2 amide bonds. The third-order valence-electron chi connectivity index (χ3n) is 5.71. The maximum atomic E-state index is 13.4. The van der Waals surface area contributed by atoms with E-state index in [0.29, 0.717) is 39.0 Å². The highest BCUT2D eigenvalue weighted by Crippen LogP contribution is 2.23. The summed E-state index contributed by atoms with van der Waals surface area (Å²) in [7, 11) is 0. The normalized spacial score (nSPS) is 14.6. The zero-order valence-corrected chi connectivity index (χ0v) is 18.0. The minimum atomic E-state index is -0.108. The van der Waals surface area contributed by atoms with E-state index in [4.69, 9.17) is 4.42 Å². The van der Waals surface area contributed by atoms with Crippen LogP contribution in [0.25, 0.3) is 6.08 Å². The molecule has 6 nitrogen and oxygen atoms in total. The van der Waals surface area contributed by atoms with Crippen molar-refractivity contribution in [3.63, 3.8) is 0 Å². The van der Waals surface area contributed by atoms with Crippen LogP contribution in [0, 0.1) is 5.92 Å². The van der Waals surface area contributed by atoms with Gasteiger partial charge < -0.3 is 14.2 Å². The van der Waals surface area contributed by atoms with E-state index >= 15 is 0 Å². The molecule has 0 N–H and O–H groups in total. The van der Waals surface area contributed by atoms with Crippen LogP contribution in [-0.4, -0.2) is 39.7 Å². The fraction of sp³-hybridized carbons (Fsp3) is 0.269. The number of likely N-dealkylation sites (tertiary alicyclic amines) is 1. The van der Waals surface area contributed by atoms with E-state index in [9.17, 15) is 9.59 Å². The fourth-order valence-electron chi connectivity index (χ4n) is 3.96. The SMILES string of the molecule is O=C(/C=C/c1ccccc1)N1CCC(C(=O)N(Cc2cccnc2)Cc2ccco2)CC1. The number of rotatable bonds is 7. The number of pyridine rings is 1. The first-order chi connectivity index (χ1) is 15.7. The molecule has 0 saturated carbocycles. The van der Waals surface area contributed by atoms with E-state index in [2.05, 4.69) is 4.98 Å². The molecule has 1 fully saturated rings. The molecule has 0 aliphatic carbocycles. The second kappa shape index (κ2) is 10.6. The predicted octanol–water partition coefficient (Wildman–Crippen LogP) is 4.16.